The molecular weight excluding hydrogens is 236 g/mol. The fraction of sp³-hybridized carbons (Fsp3) is 0. The minimum Gasteiger partial charge on any atom is -0.256 e. The van der Waals surface area contributed by atoms with Crippen molar-refractivity contribution >= 4 is 35.7 Å². The molecule has 4 heteroatoms. The van der Waals surface area contributed by atoms with Crippen molar-refractivity contribution in [2.45, 2.75) is 0 Å². The molecule has 0 saturated heterocycles. The minimum absolute atomic E-state index is 0. The third-order valence-corrected chi connectivity index (χ3v) is 2.38. The number of rotatable bonds is 0. The van der Waals surface area contributed by atoms with Crippen LogP contribution in [0.2, 0.25) is 0 Å². The van der Waals surface area contributed by atoms with Crippen molar-refractivity contribution in [1.29, 1.82) is 0 Å². The smallest absolute Gasteiger partial charge is 0.0791 e. The average Bonchev–Trinajstić information content (AvgIpc) is 2.88. The Kier molecular flexibility index (Phi) is 5.53. The first-order valence-electron chi connectivity index (χ1n) is 4.59. The number of pyridine rings is 1. The maximum absolute atomic E-state index is 4.18. The number of hydrogen-bond acceptors (Lipinski definition) is 3. The highest BCUT2D eigenvalue weighted by molar-refractivity contribution is 7.59. The lowest BCUT2D eigenvalue weighted by molar-refractivity contribution is 1.41. The van der Waals surface area contributed by atoms with Gasteiger partial charge in [0.15, 0.2) is 0 Å². The zero-order valence-electron chi connectivity index (χ0n) is 8.58. The van der Waals surface area contributed by atoms with E-state index in [2.05, 4.69) is 22.1 Å². The Bertz CT molecular complexity index is 426. The third-order valence-electron chi connectivity index (χ3n) is 1.86. The van der Waals surface area contributed by atoms with Gasteiger partial charge in [-0.1, -0.05) is 24.3 Å². The summed E-state index contributed by atoms with van der Waals surface area (Å²) in [6.07, 6.45) is 3.58. The molecular formula is C12H12N2S2. The second kappa shape index (κ2) is 6.98. The molecule has 0 saturated carbocycles. The van der Waals surface area contributed by atoms with E-state index in [4.69, 9.17) is 0 Å². The molecule has 0 spiro atoms. The van der Waals surface area contributed by atoms with Crippen molar-refractivity contribution in [3.63, 3.8) is 0 Å². The molecule has 2 heterocycles. The number of para-hydroxylation sites is 1. The molecule has 0 atom stereocenters. The van der Waals surface area contributed by atoms with Gasteiger partial charge < -0.3 is 0 Å². The van der Waals surface area contributed by atoms with Crippen LogP contribution in [0.1, 0.15) is 0 Å². The zero-order chi connectivity index (χ0) is 10.3. The molecule has 3 rings (SSSR count). The first-order valence-corrected chi connectivity index (χ1v) is 5.53. The minimum atomic E-state index is 0. The van der Waals surface area contributed by atoms with Crippen LogP contribution in [-0.2, 0) is 0 Å². The van der Waals surface area contributed by atoms with E-state index in [0.717, 1.165) is 5.52 Å². The molecule has 0 amide bonds. The van der Waals surface area contributed by atoms with E-state index >= 15 is 0 Å². The maximum atomic E-state index is 4.18. The normalized spacial score (nSPS) is 8.75. The summed E-state index contributed by atoms with van der Waals surface area (Å²) in [6, 6.07) is 12.1. The third kappa shape index (κ3) is 3.64. The van der Waals surface area contributed by atoms with Gasteiger partial charge >= 0.3 is 0 Å². The molecule has 0 N–H and O–H groups in total. The largest absolute Gasteiger partial charge is 0.256 e. The highest BCUT2D eigenvalue weighted by atomic mass is 32.1. The maximum Gasteiger partial charge on any atom is 0.0791 e. The van der Waals surface area contributed by atoms with Gasteiger partial charge in [0, 0.05) is 23.2 Å². The summed E-state index contributed by atoms with van der Waals surface area (Å²) in [7, 11) is 0. The van der Waals surface area contributed by atoms with Crippen LogP contribution >= 0.6 is 24.8 Å². The monoisotopic (exact) mass is 248 g/mol. The summed E-state index contributed by atoms with van der Waals surface area (Å²) in [4.78, 5) is 7.92. The molecule has 0 bridgehead atoms. The summed E-state index contributed by atoms with van der Waals surface area (Å²) >= 11 is 1.60. The summed E-state index contributed by atoms with van der Waals surface area (Å²) in [5.74, 6) is 0. The molecule has 16 heavy (non-hydrogen) atoms. The van der Waals surface area contributed by atoms with Crippen molar-refractivity contribution in [3.8, 4) is 0 Å². The number of nitrogens with zero attached hydrogens (tertiary/aromatic N) is 2. The molecule has 0 unspecified atom stereocenters. The lowest BCUT2D eigenvalue weighted by Crippen LogP contribution is -1.73. The van der Waals surface area contributed by atoms with Gasteiger partial charge in [0.2, 0.25) is 0 Å². The van der Waals surface area contributed by atoms with Crippen LogP contribution in [0.25, 0.3) is 10.9 Å². The van der Waals surface area contributed by atoms with Crippen molar-refractivity contribution in [1.82, 2.24) is 9.97 Å². The average molecular weight is 248 g/mol. The predicted octanol–water partition coefficient (Wildman–Crippen LogP) is 3.49. The highest BCUT2D eigenvalue weighted by Crippen LogP contribution is 2.07. The van der Waals surface area contributed by atoms with E-state index in [1.807, 2.05) is 35.8 Å². The van der Waals surface area contributed by atoms with Crippen LogP contribution in [0, 0.1) is 0 Å². The number of hydrogen-bond donors (Lipinski definition) is 0. The zero-order valence-corrected chi connectivity index (χ0v) is 10.4. The molecule has 0 fully saturated rings. The second-order valence-electron chi connectivity index (χ2n) is 2.87. The van der Waals surface area contributed by atoms with Crippen LogP contribution in [0.5, 0.6) is 0 Å². The fourth-order valence-electron chi connectivity index (χ4n) is 1.19. The lowest BCUT2D eigenvalue weighted by atomic mass is 10.2. The summed E-state index contributed by atoms with van der Waals surface area (Å²) in [5.41, 5.74) is 2.85. The SMILES string of the molecule is S.c1ccc2ncccc2c1.c1cscn1. The Morgan fingerprint density at radius 3 is 2.38 bits per heavy atom. The topological polar surface area (TPSA) is 25.8 Å². The Hall–Kier alpha value is -1.39. The molecule has 0 aliphatic rings. The van der Waals surface area contributed by atoms with E-state index in [1.165, 1.54) is 5.39 Å². The molecule has 0 aliphatic carbocycles. The van der Waals surface area contributed by atoms with Crippen molar-refractivity contribution in [2.75, 3.05) is 0 Å². The van der Waals surface area contributed by atoms with E-state index in [-0.39, 0.29) is 13.5 Å². The molecule has 82 valence electrons. The van der Waals surface area contributed by atoms with Crippen molar-refractivity contribution in [3.05, 3.63) is 59.7 Å². The summed E-state index contributed by atoms with van der Waals surface area (Å²) in [5, 5.41) is 3.13. The first kappa shape index (κ1) is 12.7. The van der Waals surface area contributed by atoms with Crippen molar-refractivity contribution in [2.24, 2.45) is 0 Å². The molecule has 0 radical (unpaired) electrons. The van der Waals surface area contributed by atoms with Crippen LogP contribution in [0.4, 0.5) is 0 Å². The van der Waals surface area contributed by atoms with E-state index in [1.54, 1.807) is 23.0 Å². The second-order valence-corrected chi connectivity index (χ2v) is 3.63. The quantitative estimate of drug-likeness (QED) is 0.608. The molecule has 3 aromatic rings. The van der Waals surface area contributed by atoms with Gasteiger partial charge in [0.05, 0.1) is 11.0 Å². The van der Waals surface area contributed by atoms with Gasteiger partial charge in [-0.15, -0.1) is 11.3 Å². The number of thiazole rings is 1. The van der Waals surface area contributed by atoms with Gasteiger partial charge in [0.25, 0.3) is 0 Å². The van der Waals surface area contributed by atoms with Crippen molar-refractivity contribution < 1.29 is 0 Å². The van der Waals surface area contributed by atoms with E-state index < -0.39 is 0 Å². The van der Waals surface area contributed by atoms with Crippen LogP contribution in [-0.4, -0.2) is 9.97 Å². The van der Waals surface area contributed by atoms with E-state index in [9.17, 15) is 0 Å². The van der Waals surface area contributed by atoms with Gasteiger partial charge in [-0.2, -0.15) is 13.5 Å². The van der Waals surface area contributed by atoms with Crippen LogP contribution in [0.3, 0.4) is 0 Å². The molecule has 0 aliphatic heterocycles. The van der Waals surface area contributed by atoms with Gasteiger partial charge in [-0.25, -0.2) is 0 Å². The number of fused-ring (bicyclic) bond motifs is 1. The van der Waals surface area contributed by atoms with Gasteiger partial charge in [-0.3, -0.25) is 9.97 Å². The fourth-order valence-corrected chi connectivity index (χ4v) is 1.54. The molecule has 2 aromatic heterocycles. The van der Waals surface area contributed by atoms with E-state index in [0.29, 0.717) is 0 Å². The van der Waals surface area contributed by atoms with Crippen LogP contribution < -0.4 is 0 Å². The Balaban J connectivity index is 0.000000183. The Morgan fingerprint density at radius 1 is 0.938 bits per heavy atom. The molecule has 1 aromatic carbocycles. The first-order chi connectivity index (χ1) is 7.47. The standard InChI is InChI=1S/C9H7N.C3H3NS.H2S/c1-2-6-9-8(4-1)5-3-7-10-9;1-2-5-3-4-1;/h1-7H;1-3H;1H2. The number of benzene rings is 1. The van der Waals surface area contributed by atoms with Crippen LogP contribution in [0.15, 0.2) is 59.7 Å². The predicted molar refractivity (Wildman–Crippen MR) is 74.2 cm³/mol. The Morgan fingerprint density at radius 2 is 1.75 bits per heavy atom. The molecule has 2 nitrogen and oxygen atoms in total. The highest BCUT2D eigenvalue weighted by Gasteiger charge is 1.86. The summed E-state index contributed by atoms with van der Waals surface area (Å²) < 4.78 is 0. The van der Waals surface area contributed by atoms with Gasteiger partial charge in [-0.05, 0) is 12.1 Å². The van der Waals surface area contributed by atoms with Gasteiger partial charge in [0.1, 0.15) is 0 Å². The Labute approximate surface area is 105 Å². The lowest BCUT2D eigenvalue weighted by Gasteiger charge is -1.91. The number of aromatic nitrogens is 2. The summed E-state index contributed by atoms with van der Waals surface area (Å²) in [6.45, 7) is 0.